The zero-order valence-corrected chi connectivity index (χ0v) is 16.8. The lowest BCUT2D eigenvalue weighted by molar-refractivity contribution is -0.112. The van der Waals surface area contributed by atoms with Crippen molar-refractivity contribution in [3.05, 3.63) is 83.2 Å². The smallest absolute Gasteiger partial charge is 0.266 e. The van der Waals surface area contributed by atoms with Crippen molar-refractivity contribution in [3.63, 3.8) is 0 Å². The number of nitriles is 1. The first-order valence-corrected chi connectivity index (χ1v) is 9.40. The molecular formula is C24H23N3O2. The third kappa shape index (κ3) is 4.56. The monoisotopic (exact) mass is 385 g/mol. The van der Waals surface area contributed by atoms with E-state index in [1.807, 2.05) is 78.2 Å². The molecule has 0 spiro atoms. The number of methoxy groups -OCH3 is 1. The Kier molecular flexibility index (Phi) is 6.16. The maximum atomic E-state index is 12.6. The van der Waals surface area contributed by atoms with Gasteiger partial charge in [0.15, 0.2) is 0 Å². The van der Waals surface area contributed by atoms with Gasteiger partial charge >= 0.3 is 0 Å². The number of aryl methyl sites for hydroxylation is 2. The van der Waals surface area contributed by atoms with Crippen LogP contribution in [0.2, 0.25) is 0 Å². The molecule has 146 valence electrons. The van der Waals surface area contributed by atoms with E-state index < -0.39 is 5.91 Å². The van der Waals surface area contributed by atoms with Crippen LogP contribution >= 0.6 is 0 Å². The fourth-order valence-corrected chi connectivity index (χ4v) is 3.07. The van der Waals surface area contributed by atoms with Crippen LogP contribution in [0, 0.1) is 18.3 Å². The summed E-state index contributed by atoms with van der Waals surface area (Å²) < 4.78 is 7.20. The molecule has 0 aliphatic carbocycles. The number of carbonyl (C=O) groups excluding carboxylic acids is 1. The van der Waals surface area contributed by atoms with Crippen LogP contribution in [-0.2, 0) is 11.2 Å². The van der Waals surface area contributed by atoms with Gasteiger partial charge < -0.3 is 14.6 Å². The summed E-state index contributed by atoms with van der Waals surface area (Å²) >= 11 is 0. The number of nitrogens with one attached hydrogen (secondary N) is 1. The van der Waals surface area contributed by atoms with E-state index in [1.165, 1.54) is 5.56 Å². The SMILES string of the molecule is CCc1ccc(NC(=O)/C(C#N)=C\c2ccc(C)n2-c2ccc(OC)cc2)cc1. The Morgan fingerprint density at radius 1 is 1.10 bits per heavy atom. The highest BCUT2D eigenvalue weighted by molar-refractivity contribution is 6.09. The highest BCUT2D eigenvalue weighted by Crippen LogP contribution is 2.22. The van der Waals surface area contributed by atoms with Crippen molar-refractivity contribution < 1.29 is 9.53 Å². The molecule has 3 rings (SSSR count). The average molecular weight is 385 g/mol. The molecule has 29 heavy (non-hydrogen) atoms. The fourth-order valence-electron chi connectivity index (χ4n) is 3.07. The Morgan fingerprint density at radius 2 is 1.79 bits per heavy atom. The van der Waals surface area contributed by atoms with E-state index in [0.29, 0.717) is 5.69 Å². The van der Waals surface area contributed by atoms with E-state index in [4.69, 9.17) is 4.74 Å². The van der Waals surface area contributed by atoms with Gasteiger partial charge in [-0.05, 0) is 73.5 Å². The molecule has 0 fully saturated rings. The molecule has 0 atom stereocenters. The minimum Gasteiger partial charge on any atom is -0.497 e. The zero-order valence-electron chi connectivity index (χ0n) is 16.8. The van der Waals surface area contributed by atoms with Crippen molar-refractivity contribution in [1.29, 1.82) is 5.26 Å². The summed E-state index contributed by atoms with van der Waals surface area (Å²) in [5.41, 5.74) is 4.56. The summed E-state index contributed by atoms with van der Waals surface area (Å²) in [6.45, 7) is 4.05. The lowest BCUT2D eigenvalue weighted by Crippen LogP contribution is -2.13. The van der Waals surface area contributed by atoms with Crippen molar-refractivity contribution in [2.45, 2.75) is 20.3 Å². The second kappa shape index (κ2) is 8.94. The fraction of sp³-hybridized carbons (Fsp3) is 0.167. The van der Waals surface area contributed by atoms with E-state index in [0.717, 1.165) is 29.2 Å². The summed E-state index contributed by atoms with van der Waals surface area (Å²) in [5, 5.41) is 12.3. The van der Waals surface area contributed by atoms with Gasteiger partial charge in [0, 0.05) is 22.8 Å². The molecule has 5 nitrogen and oxygen atoms in total. The average Bonchev–Trinajstić information content (AvgIpc) is 3.12. The molecule has 5 heteroatoms. The number of rotatable bonds is 6. The molecule has 3 aromatic rings. The lowest BCUT2D eigenvalue weighted by Gasteiger charge is -2.11. The van der Waals surface area contributed by atoms with Crippen molar-refractivity contribution >= 4 is 17.7 Å². The van der Waals surface area contributed by atoms with E-state index in [9.17, 15) is 10.1 Å². The Balaban J connectivity index is 1.88. The number of carbonyl (C=O) groups is 1. The van der Waals surface area contributed by atoms with Crippen LogP contribution in [0.1, 0.15) is 23.9 Å². The standard InChI is InChI=1S/C24H23N3O2/c1-4-18-6-8-20(9-7-18)26-24(28)19(16-25)15-22-10-5-17(2)27(22)21-11-13-23(29-3)14-12-21/h5-15H,4H2,1-3H3,(H,26,28)/b19-15-. The van der Waals surface area contributed by atoms with Crippen molar-refractivity contribution in [2.75, 3.05) is 12.4 Å². The number of aromatic nitrogens is 1. The van der Waals surface area contributed by atoms with Gasteiger partial charge in [-0.1, -0.05) is 19.1 Å². The van der Waals surface area contributed by atoms with Crippen LogP contribution in [0.5, 0.6) is 5.75 Å². The topological polar surface area (TPSA) is 67.0 Å². The predicted octanol–water partition coefficient (Wildman–Crippen LogP) is 4.90. The molecule has 0 aliphatic rings. The molecule has 1 heterocycles. The molecule has 0 unspecified atom stereocenters. The number of benzene rings is 2. The van der Waals surface area contributed by atoms with Gasteiger partial charge in [0.05, 0.1) is 7.11 Å². The van der Waals surface area contributed by atoms with Crippen LogP contribution in [0.15, 0.2) is 66.2 Å². The number of anilines is 1. The Labute approximate surface area is 170 Å². The van der Waals surface area contributed by atoms with Gasteiger partial charge in [-0.25, -0.2) is 0 Å². The quantitative estimate of drug-likeness (QED) is 0.485. The number of amides is 1. The largest absolute Gasteiger partial charge is 0.497 e. The van der Waals surface area contributed by atoms with Crippen molar-refractivity contribution in [2.24, 2.45) is 0 Å². The maximum Gasteiger partial charge on any atom is 0.266 e. The minimum absolute atomic E-state index is 0.0393. The Hall–Kier alpha value is -3.78. The first kappa shape index (κ1) is 20.0. The van der Waals surface area contributed by atoms with Gasteiger partial charge in [-0.3, -0.25) is 4.79 Å². The summed E-state index contributed by atoms with van der Waals surface area (Å²) in [6, 6.07) is 21.1. The molecule has 0 radical (unpaired) electrons. The summed E-state index contributed by atoms with van der Waals surface area (Å²) in [7, 11) is 1.62. The number of hydrogen-bond acceptors (Lipinski definition) is 3. The Morgan fingerprint density at radius 3 is 2.38 bits per heavy atom. The molecule has 1 N–H and O–H groups in total. The molecule has 0 saturated heterocycles. The number of hydrogen-bond donors (Lipinski definition) is 1. The number of ether oxygens (including phenoxy) is 1. The maximum absolute atomic E-state index is 12.6. The summed E-state index contributed by atoms with van der Waals surface area (Å²) in [4.78, 5) is 12.6. The van der Waals surface area contributed by atoms with Crippen LogP contribution < -0.4 is 10.1 Å². The van der Waals surface area contributed by atoms with Gasteiger partial charge in [0.1, 0.15) is 17.4 Å². The molecule has 1 amide bonds. The first-order valence-electron chi connectivity index (χ1n) is 9.40. The van der Waals surface area contributed by atoms with Crippen molar-refractivity contribution in [1.82, 2.24) is 4.57 Å². The molecule has 1 aromatic heterocycles. The normalized spacial score (nSPS) is 11.0. The minimum atomic E-state index is -0.433. The summed E-state index contributed by atoms with van der Waals surface area (Å²) in [6.07, 6.45) is 2.53. The lowest BCUT2D eigenvalue weighted by atomic mass is 10.1. The summed E-state index contributed by atoms with van der Waals surface area (Å²) in [5.74, 6) is 0.332. The molecule has 0 saturated carbocycles. The zero-order chi connectivity index (χ0) is 20.8. The highest BCUT2D eigenvalue weighted by atomic mass is 16.5. The second-order valence-electron chi connectivity index (χ2n) is 6.61. The number of nitrogens with zero attached hydrogens (tertiary/aromatic N) is 2. The van der Waals surface area contributed by atoms with Crippen molar-refractivity contribution in [3.8, 4) is 17.5 Å². The second-order valence-corrected chi connectivity index (χ2v) is 6.61. The van der Waals surface area contributed by atoms with Crippen LogP contribution in [0.3, 0.4) is 0 Å². The third-order valence-corrected chi connectivity index (χ3v) is 4.71. The Bertz CT molecular complexity index is 1070. The molecular weight excluding hydrogens is 362 g/mol. The van der Waals surface area contributed by atoms with E-state index in [1.54, 1.807) is 13.2 Å². The van der Waals surface area contributed by atoms with E-state index in [-0.39, 0.29) is 5.57 Å². The van der Waals surface area contributed by atoms with Gasteiger partial charge in [0.2, 0.25) is 0 Å². The third-order valence-electron chi connectivity index (χ3n) is 4.71. The van der Waals surface area contributed by atoms with E-state index >= 15 is 0 Å². The van der Waals surface area contributed by atoms with Gasteiger partial charge in [0.25, 0.3) is 5.91 Å². The molecule has 0 bridgehead atoms. The first-order chi connectivity index (χ1) is 14.0. The van der Waals surface area contributed by atoms with Crippen LogP contribution in [0.25, 0.3) is 11.8 Å². The van der Waals surface area contributed by atoms with Crippen LogP contribution in [-0.4, -0.2) is 17.6 Å². The van der Waals surface area contributed by atoms with E-state index in [2.05, 4.69) is 12.2 Å². The van der Waals surface area contributed by atoms with Gasteiger partial charge in [-0.2, -0.15) is 5.26 Å². The highest BCUT2D eigenvalue weighted by Gasteiger charge is 2.13. The van der Waals surface area contributed by atoms with Gasteiger partial charge in [-0.15, -0.1) is 0 Å². The van der Waals surface area contributed by atoms with Crippen LogP contribution in [0.4, 0.5) is 5.69 Å². The molecule has 2 aromatic carbocycles. The predicted molar refractivity (Wildman–Crippen MR) is 115 cm³/mol. The molecule has 0 aliphatic heterocycles.